The summed E-state index contributed by atoms with van der Waals surface area (Å²) in [6.45, 7) is 1.52. The van der Waals surface area contributed by atoms with Crippen molar-refractivity contribution in [2.45, 2.75) is 6.54 Å². The molecule has 3 heterocycles. The van der Waals surface area contributed by atoms with Gasteiger partial charge in [-0.2, -0.15) is 0 Å². The van der Waals surface area contributed by atoms with E-state index in [1.165, 1.54) is 29.1 Å². The molecule has 0 spiro atoms. The predicted molar refractivity (Wildman–Crippen MR) is 122 cm³/mol. The number of ether oxygens (including phenoxy) is 1. The first-order chi connectivity index (χ1) is 14.5. The van der Waals surface area contributed by atoms with E-state index < -0.39 is 5.82 Å². The first-order valence-corrected chi connectivity index (χ1v) is 10.7. The summed E-state index contributed by atoms with van der Waals surface area (Å²) in [6, 6.07) is 13.4. The monoisotopic (exact) mass is 439 g/mol. The molecule has 7 heteroatoms. The number of benzene rings is 2. The molecule has 152 valence electrons. The van der Waals surface area contributed by atoms with Crippen molar-refractivity contribution in [3.05, 3.63) is 70.6 Å². The highest BCUT2D eigenvalue weighted by atomic mass is 35.5. The van der Waals surface area contributed by atoms with Gasteiger partial charge in [-0.1, -0.05) is 35.9 Å². The molecule has 0 saturated carbocycles. The molecular weight excluding hydrogens is 421 g/mol. The molecule has 0 unspecified atom stereocenters. The van der Waals surface area contributed by atoms with E-state index in [4.69, 9.17) is 16.3 Å². The Hall–Kier alpha value is -2.83. The maximum absolute atomic E-state index is 14.0. The minimum atomic E-state index is -0.459. The zero-order valence-electron chi connectivity index (χ0n) is 16.5. The second-order valence-corrected chi connectivity index (χ2v) is 8.85. The number of nitrogens with zero attached hydrogens (tertiary/aromatic N) is 3. The highest BCUT2D eigenvalue weighted by Crippen LogP contribution is 2.44. The van der Waals surface area contributed by atoms with Gasteiger partial charge in [-0.3, -0.25) is 4.98 Å². The lowest BCUT2D eigenvalue weighted by Crippen LogP contribution is -2.39. The summed E-state index contributed by atoms with van der Waals surface area (Å²) in [6.07, 6.45) is 3.82. The largest absolute Gasteiger partial charge is 0.494 e. The fourth-order valence-corrected chi connectivity index (χ4v) is 5.49. The first kappa shape index (κ1) is 19.2. The van der Waals surface area contributed by atoms with Crippen LogP contribution in [0.1, 0.15) is 4.88 Å². The second kappa shape index (κ2) is 7.45. The molecule has 0 bridgehead atoms. The van der Waals surface area contributed by atoms with E-state index in [-0.39, 0.29) is 5.75 Å². The van der Waals surface area contributed by atoms with E-state index in [9.17, 15) is 4.39 Å². The number of anilines is 2. The van der Waals surface area contributed by atoms with Gasteiger partial charge in [0.1, 0.15) is 0 Å². The third-order valence-corrected chi connectivity index (χ3v) is 6.87. The Morgan fingerprint density at radius 3 is 2.80 bits per heavy atom. The molecule has 0 aliphatic carbocycles. The maximum atomic E-state index is 14.0. The molecule has 0 saturated heterocycles. The van der Waals surface area contributed by atoms with Gasteiger partial charge in [-0.15, -0.1) is 11.3 Å². The molecule has 0 atom stereocenters. The quantitative estimate of drug-likeness (QED) is 0.381. The van der Waals surface area contributed by atoms with Crippen molar-refractivity contribution in [2.75, 3.05) is 30.6 Å². The predicted octanol–water partition coefficient (Wildman–Crippen LogP) is 6.18. The number of rotatable bonds is 3. The number of thiophene rings is 1. The van der Waals surface area contributed by atoms with Crippen LogP contribution in [-0.2, 0) is 6.54 Å². The molecule has 1 aliphatic rings. The fourth-order valence-electron chi connectivity index (χ4n) is 3.93. The summed E-state index contributed by atoms with van der Waals surface area (Å²) in [5.41, 5.74) is 3.06. The third-order valence-electron chi connectivity index (χ3n) is 5.41. The summed E-state index contributed by atoms with van der Waals surface area (Å²) in [7, 11) is 3.53. The topological polar surface area (TPSA) is 28.6 Å². The smallest absolute Gasteiger partial charge is 0.166 e. The van der Waals surface area contributed by atoms with Crippen molar-refractivity contribution in [1.29, 1.82) is 0 Å². The number of hydrogen-bond donors (Lipinski definition) is 0. The highest BCUT2D eigenvalue weighted by molar-refractivity contribution is 7.16. The lowest BCUT2D eigenvalue weighted by atomic mass is 10.1. The summed E-state index contributed by atoms with van der Waals surface area (Å²) in [4.78, 5) is 11.2. The summed E-state index contributed by atoms with van der Waals surface area (Å²) < 4.78 is 19.1. The first-order valence-electron chi connectivity index (χ1n) is 9.50. The van der Waals surface area contributed by atoms with Crippen molar-refractivity contribution < 1.29 is 9.13 Å². The number of fused-ring (bicyclic) bond motifs is 2. The van der Waals surface area contributed by atoms with E-state index in [1.54, 1.807) is 17.4 Å². The molecule has 2 aromatic carbocycles. The van der Waals surface area contributed by atoms with Crippen molar-refractivity contribution in [3.8, 4) is 16.2 Å². The van der Waals surface area contributed by atoms with Crippen LogP contribution < -0.4 is 14.5 Å². The van der Waals surface area contributed by atoms with Crippen LogP contribution in [0.5, 0.6) is 5.75 Å². The Kier molecular flexibility index (Phi) is 4.76. The molecular formula is C23H19ClFN3OS. The molecule has 4 nitrogen and oxygen atoms in total. The van der Waals surface area contributed by atoms with Gasteiger partial charge in [0.05, 0.1) is 42.9 Å². The SMILES string of the molecule is COc1cc(-c2cc3c(s2)CN(c2cncc4ccccc24)CN3C)c(Cl)cc1F. The Labute approximate surface area is 183 Å². The molecule has 0 N–H and O–H groups in total. The number of aromatic nitrogens is 1. The number of halogens is 2. The Morgan fingerprint density at radius 2 is 1.97 bits per heavy atom. The zero-order chi connectivity index (χ0) is 20.8. The van der Waals surface area contributed by atoms with Crippen molar-refractivity contribution in [3.63, 3.8) is 0 Å². The van der Waals surface area contributed by atoms with Crippen LogP contribution in [0.3, 0.4) is 0 Å². The molecule has 0 radical (unpaired) electrons. The van der Waals surface area contributed by atoms with Crippen LogP contribution in [0.25, 0.3) is 21.2 Å². The van der Waals surface area contributed by atoms with Gasteiger partial charge < -0.3 is 14.5 Å². The summed E-state index contributed by atoms with van der Waals surface area (Å²) in [5.74, 6) is -0.267. The van der Waals surface area contributed by atoms with Crippen LogP contribution in [-0.4, -0.2) is 25.8 Å². The van der Waals surface area contributed by atoms with Crippen molar-refractivity contribution in [1.82, 2.24) is 4.98 Å². The Bertz CT molecular complexity index is 1250. The molecule has 5 rings (SSSR count). The maximum Gasteiger partial charge on any atom is 0.166 e. The molecule has 1 aliphatic heterocycles. The summed E-state index contributed by atoms with van der Waals surface area (Å²) >= 11 is 8.03. The van der Waals surface area contributed by atoms with Gasteiger partial charge in [0.25, 0.3) is 0 Å². The second-order valence-electron chi connectivity index (χ2n) is 7.30. The molecule has 2 aromatic heterocycles. The van der Waals surface area contributed by atoms with Crippen LogP contribution in [0.2, 0.25) is 5.02 Å². The molecule has 4 aromatic rings. The van der Waals surface area contributed by atoms with E-state index in [0.29, 0.717) is 5.02 Å². The average Bonchev–Trinajstić information content (AvgIpc) is 3.18. The van der Waals surface area contributed by atoms with Gasteiger partial charge in [0.2, 0.25) is 0 Å². The minimum absolute atomic E-state index is 0.192. The zero-order valence-corrected chi connectivity index (χ0v) is 18.1. The van der Waals surface area contributed by atoms with Crippen LogP contribution in [0.4, 0.5) is 15.8 Å². The third kappa shape index (κ3) is 3.16. The lowest BCUT2D eigenvalue weighted by molar-refractivity contribution is 0.387. The van der Waals surface area contributed by atoms with Gasteiger partial charge in [-0.25, -0.2) is 4.39 Å². The van der Waals surface area contributed by atoms with Crippen LogP contribution in [0.15, 0.2) is 54.9 Å². The molecule has 0 fully saturated rings. The van der Waals surface area contributed by atoms with Gasteiger partial charge in [0, 0.05) is 39.3 Å². The number of hydrogen-bond acceptors (Lipinski definition) is 5. The van der Waals surface area contributed by atoms with Crippen molar-refractivity contribution >= 4 is 45.1 Å². The standard InChI is InChI=1S/C23H19ClFN3OS/c1-27-13-28(20-11-26-10-14-5-3-4-6-15(14)20)12-23-19(27)9-22(30-23)16-7-21(29-2)18(25)8-17(16)24/h3-11H,12-13H2,1-2H3. The van der Waals surface area contributed by atoms with E-state index >= 15 is 0 Å². The number of methoxy groups -OCH3 is 1. The average molecular weight is 440 g/mol. The van der Waals surface area contributed by atoms with E-state index in [2.05, 4.69) is 46.1 Å². The lowest BCUT2D eigenvalue weighted by Gasteiger charge is -2.36. The Morgan fingerprint density at radius 1 is 1.13 bits per heavy atom. The van der Waals surface area contributed by atoms with Gasteiger partial charge >= 0.3 is 0 Å². The van der Waals surface area contributed by atoms with Crippen LogP contribution in [0, 0.1) is 5.82 Å². The highest BCUT2D eigenvalue weighted by Gasteiger charge is 2.25. The molecule has 30 heavy (non-hydrogen) atoms. The summed E-state index contributed by atoms with van der Waals surface area (Å²) in [5, 5.41) is 2.69. The van der Waals surface area contributed by atoms with Gasteiger partial charge in [-0.05, 0) is 18.2 Å². The van der Waals surface area contributed by atoms with E-state index in [1.807, 2.05) is 18.5 Å². The van der Waals surface area contributed by atoms with E-state index in [0.717, 1.165) is 34.7 Å². The fraction of sp³-hybridized carbons (Fsp3) is 0.174. The Balaban J connectivity index is 1.55. The molecule has 0 amide bonds. The number of pyridine rings is 1. The van der Waals surface area contributed by atoms with Gasteiger partial charge in [0.15, 0.2) is 11.6 Å². The van der Waals surface area contributed by atoms with Crippen LogP contribution >= 0.6 is 22.9 Å². The van der Waals surface area contributed by atoms with Crippen molar-refractivity contribution in [2.24, 2.45) is 0 Å². The minimum Gasteiger partial charge on any atom is -0.494 e. The normalized spacial score (nSPS) is 13.6.